The van der Waals surface area contributed by atoms with Crippen LogP contribution >= 0.6 is 0 Å². The van der Waals surface area contributed by atoms with Crippen LogP contribution in [0.5, 0.6) is 0 Å². The number of hydrogen-bond donors (Lipinski definition) is 4. The summed E-state index contributed by atoms with van der Waals surface area (Å²) in [5, 5.41) is 23.0. The smallest absolute Gasteiger partial charge is 0.328 e. The van der Waals surface area contributed by atoms with Crippen molar-refractivity contribution in [1.82, 2.24) is 10.6 Å². The van der Waals surface area contributed by atoms with Gasteiger partial charge in [-0.25, -0.2) is 4.79 Å². The molecule has 4 N–H and O–H groups in total. The van der Waals surface area contributed by atoms with Gasteiger partial charge in [-0.3, -0.25) is 14.4 Å². The molecule has 0 aliphatic heterocycles. The van der Waals surface area contributed by atoms with Crippen molar-refractivity contribution in [3.63, 3.8) is 0 Å². The van der Waals surface area contributed by atoms with Gasteiger partial charge >= 0.3 is 11.9 Å². The Labute approximate surface area is 299 Å². The highest BCUT2D eigenvalue weighted by Crippen LogP contribution is 2.17. The second kappa shape index (κ2) is 34.3. The summed E-state index contributed by atoms with van der Waals surface area (Å²) in [4.78, 5) is 49.0. The van der Waals surface area contributed by atoms with Gasteiger partial charge in [0.1, 0.15) is 18.2 Å². The first kappa shape index (κ1) is 46.8. The summed E-state index contributed by atoms with van der Waals surface area (Å²) < 4.78 is 5.78. The van der Waals surface area contributed by atoms with Gasteiger partial charge in [0, 0.05) is 6.42 Å². The topological polar surface area (TPSA) is 142 Å². The van der Waals surface area contributed by atoms with E-state index in [0.717, 1.165) is 38.5 Å². The van der Waals surface area contributed by atoms with Crippen molar-refractivity contribution in [2.45, 2.75) is 225 Å². The van der Waals surface area contributed by atoms with Crippen LogP contribution in [0, 0.1) is 0 Å². The summed E-state index contributed by atoms with van der Waals surface area (Å²) in [5.74, 6) is -2.79. The van der Waals surface area contributed by atoms with Gasteiger partial charge in [-0.1, -0.05) is 168 Å². The number of aliphatic hydroxyl groups is 1. The predicted octanol–water partition coefficient (Wildman–Crippen LogP) is 9.32. The van der Waals surface area contributed by atoms with E-state index in [1.807, 2.05) is 0 Å². The maximum Gasteiger partial charge on any atom is 0.328 e. The van der Waals surface area contributed by atoms with E-state index in [9.17, 15) is 24.3 Å². The Morgan fingerprint density at radius 2 is 0.959 bits per heavy atom. The van der Waals surface area contributed by atoms with Crippen LogP contribution in [0.1, 0.15) is 207 Å². The lowest BCUT2D eigenvalue weighted by Crippen LogP contribution is -2.51. The Hall–Kier alpha value is -2.16. The molecule has 0 bridgehead atoms. The summed E-state index contributed by atoms with van der Waals surface area (Å²) in [6.45, 7) is 5.19. The summed E-state index contributed by atoms with van der Waals surface area (Å²) in [7, 11) is 0. The van der Waals surface area contributed by atoms with Crippen molar-refractivity contribution >= 4 is 23.8 Å². The molecule has 2 amide bonds. The fourth-order valence-electron chi connectivity index (χ4n) is 6.18. The van der Waals surface area contributed by atoms with Gasteiger partial charge in [-0.2, -0.15) is 0 Å². The second-order valence-electron chi connectivity index (χ2n) is 14.2. The molecule has 0 saturated carbocycles. The average molecular weight is 697 g/mol. The molecule has 9 nitrogen and oxygen atoms in total. The maximum atomic E-state index is 12.8. The summed E-state index contributed by atoms with van der Waals surface area (Å²) >= 11 is 0. The number of carboxylic acids is 1. The summed E-state index contributed by atoms with van der Waals surface area (Å²) in [6.07, 6.45) is 32.4. The number of carbonyl (C=O) groups excluding carboxylic acids is 3. The number of esters is 1. The first-order valence-electron chi connectivity index (χ1n) is 20.4. The largest absolute Gasteiger partial charge is 0.480 e. The number of aliphatic carboxylic acids is 1. The van der Waals surface area contributed by atoms with Crippen molar-refractivity contribution in [2.75, 3.05) is 6.61 Å². The van der Waals surface area contributed by atoms with Crippen LogP contribution in [0.3, 0.4) is 0 Å². The van der Waals surface area contributed by atoms with Gasteiger partial charge < -0.3 is 25.6 Å². The van der Waals surface area contributed by atoms with Crippen LogP contribution < -0.4 is 10.6 Å². The fourth-order valence-corrected chi connectivity index (χ4v) is 6.18. The Bertz CT molecular complexity index is 822. The van der Waals surface area contributed by atoms with Crippen LogP contribution in [-0.4, -0.2) is 58.8 Å². The lowest BCUT2D eigenvalue weighted by molar-refractivity contribution is -0.151. The molecular weight excluding hydrogens is 620 g/mol. The minimum absolute atomic E-state index is 0.0530. The van der Waals surface area contributed by atoms with E-state index in [1.165, 1.54) is 135 Å². The average Bonchev–Trinajstić information content (AvgIpc) is 3.07. The minimum Gasteiger partial charge on any atom is -0.480 e. The van der Waals surface area contributed by atoms with Crippen molar-refractivity contribution in [2.24, 2.45) is 0 Å². The molecule has 9 heteroatoms. The zero-order valence-corrected chi connectivity index (χ0v) is 31.9. The Morgan fingerprint density at radius 1 is 0.571 bits per heavy atom. The van der Waals surface area contributed by atoms with Gasteiger partial charge in [-0.05, 0) is 26.2 Å². The third-order valence-electron chi connectivity index (χ3n) is 9.39. The zero-order chi connectivity index (χ0) is 36.4. The van der Waals surface area contributed by atoms with Crippen LogP contribution in [-0.2, 0) is 23.9 Å². The number of unbranched alkanes of at least 4 members (excludes halogenated alkanes) is 24. The summed E-state index contributed by atoms with van der Waals surface area (Å²) in [5.41, 5.74) is 0. The first-order chi connectivity index (χ1) is 23.7. The molecule has 0 rings (SSSR count). The van der Waals surface area contributed by atoms with Crippen molar-refractivity contribution in [3.8, 4) is 0 Å². The van der Waals surface area contributed by atoms with E-state index < -0.39 is 42.6 Å². The molecule has 1 unspecified atom stereocenters. The normalized spacial score (nSPS) is 13.1. The lowest BCUT2D eigenvalue weighted by Gasteiger charge is -2.20. The number of hydrogen-bond acceptors (Lipinski definition) is 6. The number of ether oxygens (including phenoxy) is 1. The monoisotopic (exact) mass is 697 g/mol. The highest BCUT2D eigenvalue weighted by Gasteiger charge is 2.25. The van der Waals surface area contributed by atoms with Gasteiger partial charge in [0.15, 0.2) is 0 Å². The molecule has 0 aliphatic rings. The lowest BCUT2D eigenvalue weighted by atomic mass is 10.0. The van der Waals surface area contributed by atoms with Gasteiger partial charge in [0.2, 0.25) is 11.8 Å². The highest BCUT2D eigenvalue weighted by molar-refractivity contribution is 5.90. The van der Waals surface area contributed by atoms with Crippen molar-refractivity contribution in [3.05, 3.63) is 0 Å². The number of carboxylic acid groups (broad SMARTS) is 1. The Kier molecular flexibility index (Phi) is 32.8. The molecule has 0 radical (unpaired) electrons. The molecule has 0 saturated heterocycles. The van der Waals surface area contributed by atoms with E-state index in [0.29, 0.717) is 12.8 Å². The first-order valence-corrected chi connectivity index (χ1v) is 20.4. The van der Waals surface area contributed by atoms with Crippen LogP contribution in [0.4, 0.5) is 0 Å². The van der Waals surface area contributed by atoms with Crippen molar-refractivity contribution in [1.29, 1.82) is 0 Å². The van der Waals surface area contributed by atoms with Crippen molar-refractivity contribution < 1.29 is 34.1 Å². The highest BCUT2D eigenvalue weighted by atomic mass is 16.5. The number of aliphatic hydroxyl groups excluding tert-OH is 1. The summed E-state index contributed by atoms with van der Waals surface area (Å²) in [6, 6.07) is -2.44. The van der Waals surface area contributed by atoms with Crippen LogP contribution in [0.2, 0.25) is 0 Å². The van der Waals surface area contributed by atoms with E-state index in [2.05, 4.69) is 24.5 Å². The zero-order valence-electron chi connectivity index (χ0n) is 31.9. The Morgan fingerprint density at radius 3 is 1.35 bits per heavy atom. The fraction of sp³-hybridized carbons (Fsp3) is 0.900. The molecule has 288 valence electrons. The van der Waals surface area contributed by atoms with Crippen LogP contribution in [0.15, 0.2) is 0 Å². The molecule has 49 heavy (non-hydrogen) atoms. The molecule has 0 aromatic heterocycles. The third-order valence-corrected chi connectivity index (χ3v) is 9.39. The molecule has 0 aromatic carbocycles. The molecular formula is C40H76N2O7. The van der Waals surface area contributed by atoms with Gasteiger partial charge in [-0.15, -0.1) is 0 Å². The predicted molar refractivity (Wildman–Crippen MR) is 199 cm³/mol. The maximum absolute atomic E-state index is 12.8. The number of amides is 2. The molecule has 0 aromatic rings. The molecule has 0 fully saturated rings. The number of carbonyl (C=O) groups is 4. The third kappa shape index (κ3) is 30.4. The number of rotatable bonds is 36. The number of nitrogens with one attached hydrogen (secondary N) is 2. The van der Waals surface area contributed by atoms with E-state index in [-0.39, 0.29) is 12.4 Å². The quantitative estimate of drug-likeness (QED) is 0.0378. The molecule has 3 atom stereocenters. The van der Waals surface area contributed by atoms with E-state index in [4.69, 9.17) is 9.84 Å². The van der Waals surface area contributed by atoms with E-state index in [1.54, 1.807) is 0 Å². The SMILES string of the molecule is CCCCCCCCCCCCCCCC(=O)OC(CCCCCCCCCCCCCCC)CC(=O)N[C@@H](C)C(=O)N[C@@H](CO)C(=O)O. The molecule has 0 heterocycles. The second-order valence-corrected chi connectivity index (χ2v) is 14.2. The van der Waals surface area contributed by atoms with Gasteiger partial charge in [0.05, 0.1) is 13.0 Å². The standard InChI is InChI=1S/C40H76N2O7/c1-4-6-8-10-12-14-16-18-20-22-24-26-28-30-35(32-37(44)41-34(3)39(46)42-36(33-43)40(47)48)49-38(45)31-29-27-25-23-21-19-17-15-13-11-9-7-5-2/h34-36,43H,4-33H2,1-3H3,(H,41,44)(H,42,46)(H,47,48)/t34-,35?,36-/m0/s1. The van der Waals surface area contributed by atoms with Gasteiger partial charge in [0.25, 0.3) is 0 Å². The van der Waals surface area contributed by atoms with E-state index >= 15 is 0 Å². The Balaban J connectivity index is 4.49. The van der Waals surface area contributed by atoms with Crippen LogP contribution in [0.25, 0.3) is 0 Å². The minimum atomic E-state index is -1.44. The molecule has 0 spiro atoms. The molecule has 0 aliphatic carbocycles.